The van der Waals surface area contributed by atoms with Crippen molar-refractivity contribution >= 4 is 23.9 Å². The first kappa shape index (κ1) is 97.3. The van der Waals surface area contributed by atoms with E-state index in [0.717, 1.165) is 155 Å². The van der Waals surface area contributed by atoms with Gasteiger partial charge in [-0.1, -0.05) is 130 Å². The van der Waals surface area contributed by atoms with Gasteiger partial charge in [-0.15, -0.1) is 0 Å². The van der Waals surface area contributed by atoms with Crippen LogP contribution in [0.2, 0.25) is 0 Å². The second-order valence-electron chi connectivity index (χ2n) is 27.8. The van der Waals surface area contributed by atoms with Gasteiger partial charge in [0.25, 0.3) is 0 Å². The molecule has 0 saturated carbocycles. The van der Waals surface area contributed by atoms with Crippen LogP contribution in [0.15, 0.2) is 0 Å². The first-order valence-electron chi connectivity index (χ1n) is 40.7. The Hall–Kier alpha value is -2.76. The molecule has 1 saturated heterocycles. The molecule has 0 spiro atoms. The van der Waals surface area contributed by atoms with E-state index >= 15 is 0 Å². The van der Waals surface area contributed by atoms with Gasteiger partial charge in [0, 0.05) is 105 Å². The summed E-state index contributed by atoms with van der Waals surface area (Å²) in [7, 11) is 0. The van der Waals surface area contributed by atoms with Crippen molar-refractivity contribution in [2.45, 2.75) is 323 Å². The minimum atomic E-state index is -1.49. The highest BCUT2D eigenvalue weighted by atomic mass is 16.7. The van der Waals surface area contributed by atoms with Crippen LogP contribution in [0.5, 0.6) is 0 Å². The van der Waals surface area contributed by atoms with E-state index in [2.05, 4.69) is 37.5 Å². The number of ether oxygens (including phenoxy) is 12. The lowest BCUT2D eigenvalue weighted by Gasteiger charge is -2.35. The number of esters is 4. The van der Waals surface area contributed by atoms with Gasteiger partial charge in [0.2, 0.25) is 0 Å². The summed E-state index contributed by atoms with van der Waals surface area (Å²) in [6.45, 7) is 26.9. The quantitative estimate of drug-likeness (QED) is 0.0191. The van der Waals surface area contributed by atoms with Crippen molar-refractivity contribution in [2.24, 2.45) is 0 Å². The zero-order valence-electron chi connectivity index (χ0n) is 65.7. The Kier molecular flexibility index (Phi) is 66.7. The highest BCUT2D eigenvalue weighted by Gasteiger charge is 2.28. The summed E-state index contributed by atoms with van der Waals surface area (Å²) < 4.78 is 68.1. The Morgan fingerprint density at radius 2 is 0.451 bits per heavy atom. The van der Waals surface area contributed by atoms with Crippen LogP contribution >= 0.6 is 0 Å². The number of nitrogens with zero attached hydrogens (tertiary/aromatic N) is 4. The summed E-state index contributed by atoms with van der Waals surface area (Å²) in [4.78, 5) is 60.5. The highest BCUT2D eigenvalue weighted by molar-refractivity contribution is 5.76. The summed E-state index contributed by atoms with van der Waals surface area (Å²) in [5.74, 6) is -3.02. The Morgan fingerprint density at radius 1 is 0.275 bits per heavy atom. The minimum absolute atomic E-state index is 0.135. The standard InChI is InChI=1S/C78H152N4O20/c1-9-13-17-29-51-91-67(5)95-55-33-21-25-37-59-99-75(87)71(83)63-81(64-72(84)76(88)100-60-38-26-22-34-56-96-68(6)92-52-30-18-14-10-2)45-41-43-79-47-49-80(50-48-79)44-42-46-82(65-73(85)77(89)101-61-39-27-23-35-57-97-69(7)93-53-31-19-15-11-3)66-74(86)78(90)102-62-40-28-24-36-58-98-70(8)94-54-32-20-16-12-4/h67-74,83-86H,9-66H2,1-8H3. The van der Waals surface area contributed by atoms with Gasteiger partial charge in [0.05, 0.1) is 26.4 Å². The normalized spacial score (nSPS) is 15.5. The fourth-order valence-electron chi connectivity index (χ4n) is 11.7. The van der Waals surface area contributed by atoms with Gasteiger partial charge in [0.15, 0.2) is 49.6 Å². The Balaban J connectivity index is 2.80. The molecule has 0 radical (unpaired) electrons. The van der Waals surface area contributed by atoms with Crippen LogP contribution < -0.4 is 0 Å². The maximum Gasteiger partial charge on any atom is 0.336 e. The smallest absolute Gasteiger partial charge is 0.336 e. The number of unbranched alkanes of at least 4 members (excludes halogenated alkanes) is 24. The molecule has 0 bridgehead atoms. The summed E-state index contributed by atoms with van der Waals surface area (Å²) in [5.41, 5.74) is 0. The third-order valence-electron chi connectivity index (χ3n) is 18.1. The molecule has 24 heteroatoms. The molecule has 24 nitrogen and oxygen atoms in total. The molecule has 604 valence electrons. The molecular formula is C78H152N4O20. The zero-order chi connectivity index (χ0) is 74.7. The van der Waals surface area contributed by atoms with E-state index in [1.807, 2.05) is 27.7 Å². The number of hydrogen-bond donors (Lipinski definition) is 4. The molecule has 102 heavy (non-hydrogen) atoms. The predicted octanol–water partition coefficient (Wildman–Crippen LogP) is 11.7. The van der Waals surface area contributed by atoms with Crippen molar-refractivity contribution in [3.05, 3.63) is 0 Å². The molecule has 1 aliphatic rings. The van der Waals surface area contributed by atoms with Crippen LogP contribution in [-0.4, -0.2) is 271 Å². The fourth-order valence-corrected chi connectivity index (χ4v) is 11.7. The van der Waals surface area contributed by atoms with Crippen LogP contribution in [0.25, 0.3) is 0 Å². The second kappa shape index (κ2) is 69.9. The van der Waals surface area contributed by atoms with Crippen LogP contribution in [-0.2, 0) is 76.0 Å². The summed E-state index contributed by atoms with van der Waals surface area (Å²) in [6.07, 6.45) is 25.5. The number of carbonyl (C=O) groups is 4. The number of aliphatic hydroxyl groups excluding tert-OH is 4. The highest BCUT2D eigenvalue weighted by Crippen LogP contribution is 2.14. The van der Waals surface area contributed by atoms with Crippen molar-refractivity contribution in [3.8, 4) is 0 Å². The molecule has 4 N–H and O–H groups in total. The largest absolute Gasteiger partial charge is 0.464 e. The monoisotopic (exact) mass is 1470 g/mol. The molecule has 1 heterocycles. The molecule has 0 aliphatic carbocycles. The maximum absolute atomic E-state index is 13.1. The predicted molar refractivity (Wildman–Crippen MR) is 399 cm³/mol. The molecule has 8 atom stereocenters. The van der Waals surface area contributed by atoms with E-state index in [0.29, 0.717) is 118 Å². The molecule has 0 amide bonds. The second-order valence-corrected chi connectivity index (χ2v) is 27.8. The lowest BCUT2D eigenvalue weighted by Crippen LogP contribution is -2.48. The van der Waals surface area contributed by atoms with Crippen molar-refractivity contribution in [1.29, 1.82) is 0 Å². The molecule has 1 fully saturated rings. The molecule has 0 aromatic carbocycles. The van der Waals surface area contributed by atoms with Crippen molar-refractivity contribution in [2.75, 3.05) is 158 Å². The van der Waals surface area contributed by atoms with Crippen molar-refractivity contribution in [1.82, 2.24) is 19.6 Å². The van der Waals surface area contributed by atoms with Crippen LogP contribution in [0.1, 0.15) is 274 Å². The van der Waals surface area contributed by atoms with E-state index in [1.165, 1.54) is 51.4 Å². The van der Waals surface area contributed by atoms with Gasteiger partial charge in [0.1, 0.15) is 0 Å². The van der Waals surface area contributed by atoms with E-state index in [4.69, 9.17) is 56.8 Å². The van der Waals surface area contributed by atoms with Crippen LogP contribution in [0.3, 0.4) is 0 Å². The number of aliphatic hydroxyl groups is 4. The van der Waals surface area contributed by atoms with Crippen LogP contribution in [0.4, 0.5) is 0 Å². The molecule has 0 aromatic rings. The zero-order valence-corrected chi connectivity index (χ0v) is 65.7. The fraction of sp³-hybridized carbons (Fsp3) is 0.949. The first-order valence-corrected chi connectivity index (χ1v) is 40.7. The SMILES string of the molecule is CCCCCCOC(C)OCCCCCCOC(=O)C(O)CN(CCCN1CCN(CCCN(CC(O)C(=O)OCCCCCCOC(C)OCCCCCC)CC(O)C(=O)OCCCCCCOC(C)OCCCCCC)CC1)CC(O)C(=O)OCCCCCCOC(C)OCCCCCC. The summed E-state index contributed by atoms with van der Waals surface area (Å²) in [6, 6.07) is 0. The number of carbonyl (C=O) groups excluding carboxylic acids is 4. The maximum atomic E-state index is 13.1. The Labute approximate surface area is 618 Å². The molecule has 1 rings (SSSR count). The average molecular weight is 1470 g/mol. The van der Waals surface area contributed by atoms with E-state index in [9.17, 15) is 39.6 Å². The van der Waals surface area contributed by atoms with Gasteiger partial charge in [-0.05, 0) is 169 Å². The van der Waals surface area contributed by atoms with Crippen LogP contribution in [0, 0.1) is 0 Å². The van der Waals surface area contributed by atoms with Gasteiger partial charge in [-0.25, -0.2) is 19.2 Å². The Morgan fingerprint density at radius 3 is 0.637 bits per heavy atom. The van der Waals surface area contributed by atoms with Gasteiger partial charge in [-0.2, -0.15) is 0 Å². The number of hydrogen-bond acceptors (Lipinski definition) is 24. The number of rotatable bonds is 76. The lowest BCUT2D eigenvalue weighted by molar-refractivity contribution is -0.158. The van der Waals surface area contributed by atoms with Crippen molar-refractivity contribution in [3.63, 3.8) is 0 Å². The molecule has 0 aromatic heterocycles. The first-order chi connectivity index (χ1) is 49.5. The molecule has 8 unspecified atom stereocenters. The summed E-state index contributed by atoms with van der Waals surface area (Å²) in [5, 5.41) is 44.4. The van der Waals surface area contributed by atoms with E-state index in [1.54, 1.807) is 9.80 Å². The van der Waals surface area contributed by atoms with Crippen molar-refractivity contribution < 1.29 is 96.4 Å². The third-order valence-corrected chi connectivity index (χ3v) is 18.1. The van der Waals surface area contributed by atoms with Gasteiger partial charge in [-0.3, -0.25) is 9.80 Å². The topological polar surface area (TPSA) is 273 Å². The molecular weight excluding hydrogens is 1310 g/mol. The van der Waals surface area contributed by atoms with Gasteiger partial charge >= 0.3 is 23.9 Å². The summed E-state index contributed by atoms with van der Waals surface area (Å²) >= 11 is 0. The van der Waals surface area contributed by atoms with E-state index in [-0.39, 0.29) is 77.8 Å². The lowest BCUT2D eigenvalue weighted by atomic mass is 10.2. The minimum Gasteiger partial charge on any atom is -0.464 e. The number of piperazine rings is 1. The average Bonchev–Trinajstić information content (AvgIpc) is 0.919. The van der Waals surface area contributed by atoms with E-state index < -0.39 is 48.3 Å². The Bertz CT molecular complexity index is 1660. The van der Waals surface area contributed by atoms with Gasteiger partial charge < -0.3 is 87.1 Å². The molecule has 1 aliphatic heterocycles. The third kappa shape index (κ3) is 59.3.